The predicted octanol–water partition coefficient (Wildman–Crippen LogP) is 7.07. The molecule has 28 heavy (non-hydrogen) atoms. The molecule has 0 aliphatic carbocycles. The Balaban J connectivity index is 1.36. The van der Waals surface area contributed by atoms with Gasteiger partial charge in [0.05, 0.1) is 0 Å². The van der Waals surface area contributed by atoms with Crippen molar-refractivity contribution in [3.05, 3.63) is 89.3 Å². The molecule has 3 heteroatoms. The summed E-state index contributed by atoms with van der Waals surface area (Å²) >= 11 is 1.77. The maximum Gasteiger partial charge on any atom is 0.135 e. The van der Waals surface area contributed by atoms with Crippen LogP contribution in [0.25, 0.3) is 32.4 Å². The highest BCUT2D eigenvalue weighted by Crippen LogP contribution is 2.35. The number of furan rings is 1. The third-order valence-electron chi connectivity index (χ3n) is 5.78. The molecule has 3 aromatic carbocycles. The topological polar surface area (TPSA) is 25.2 Å². The molecular weight excluding hydrogens is 362 g/mol. The molecule has 5 aromatic rings. The first kappa shape index (κ1) is 16.0. The molecule has 2 aromatic heterocycles. The number of para-hydroxylation sites is 1. The van der Waals surface area contributed by atoms with Crippen molar-refractivity contribution in [2.24, 2.45) is 0 Å². The molecule has 3 heterocycles. The molecule has 1 N–H and O–H groups in total. The van der Waals surface area contributed by atoms with Crippen LogP contribution in [0.4, 0.5) is 5.69 Å². The summed E-state index contributed by atoms with van der Waals surface area (Å²) in [5.74, 6) is 1.40. The summed E-state index contributed by atoms with van der Waals surface area (Å²) in [4.78, 5) is 0. The highest BCUT2D eigenvalue weighted by Gasteiger charge is 2.20. The number of benzene rings is 3. The molecule has 6 rings (SSSR count). The van der Waals surface area contributed by atoms with E-state index in [9.17, 15) is 0 Å². The van der Waals surface area contributed by atoms with E-state index in [-0.39, 0.29) is 0 Å². The summed E-state index contributed by atoms with van der Waals surface area (Å²) in [7, 11) is 0. The second-order valence-corrected chi connectivity index (χ2v) is 8.47. The van der Waals surface area contributed by atoms with E-state index in [0.717, 1.165) is 35.3 Å². The fourth-order valence-corrected chi connectivity index (χ4v) is 5.01. The van der Waals surface area contributed by atoms with Gasteiger partial charge < -0.3 is 9.73 Å². The van der Waals surface area contributed by atoms with Gasteiger partial charge in [0.2, 0.25) is 0 Å². The van der Waals surface area contributed by atoms with Crippen LogP contribution in [0.2, 0.25) is 0 Å². The van der Waals surface area contributed by atoms with Gasteiger partial charge in [-0.25, -0.2) is 0 Å². The highest BCUT2D eigenvalue weighted by atomic mass is 32.1. The Kier molecular flexibility index (Phi) is 3.56. The molecule has 136 valence electrons. The lowest BCUT2D eigenvalue weighted by atomic mass is 9.88. The van der Waals surface area contributed by atoms with Crippen molar-refractivity contribution in [3.63, 3.8) is 0 Å². The van der Waals surface area contributed by atoms with Crippen LogP contribution >= 0.6 is 11.3 Å². The maximum absolute atomic E-state index is 6.26. The van der Waals surface area contributed by atoms with Crippen molar-refractivity contribution in [2.75, 3.05) is 11.9 Å². The molecule has 0 radical (unpaired) electrons. The molecule has 0 fully saturated rings. The fraction of sp³-hybridized carbons (Fsp3) is 0.120. The Morgan fingerprint density at radius 2 is 1.86 bits per heavy atom. The lowest BCUT2D eigenvalue weighted by Crippen LogP contribution is -2.21. The van der Waals surface area contributed by atoms with Crippen molar-refractivity contribution in [1.29, 1.82) is 0 Å². The van der Waals surface area contributed by atoms with Gasteiger partial charge in [-0.3, -0.25) is 0 Å². The van der Waals surface area contributed by atoms with Gasteiger partial charge in [0.15, 0.2) is 0 Å². The number of fused-ring (bicyclic) bond motifs is 3. The van der Waals surface area contributed by atoms with Gasteiger partial charge in [-0.05, 0) is 70.8 Å². The summed E-state index contributed by atoms with van der Waals surface area (Å²) in [5, 5.41) is 8.14. The van der Waals surface area contributed by atoms with Gasteiger partial charge >= 0.3 is 0 Å². The van der Waals surface area contributed by atoms with Gasteiger partial charge in [-0.15, -0.1) is 11.3 Å². The van der Waals surface area contributed by atoms with Crippen LogP contribution in [-0.2, 0) is 6.42 Å². The highest BCUT2D eigenvalue weighted by molar-refractivity contribution is 7.17. The van der Waals surface area contributed by atoms with Gasteiger partial charge in [-0.1, -0.05) is 30.3 Å². The van der Waals surface area contributed by atoms with E-state index in [1.54, 1.807) is 11.3 Å². The number of hydrogen-bond acceptors (Lipinski definition) is 3. The molecule has 0 spiro atoms. The second-order valence-electron chi connectivity index (χ2n) is 7.52. The molecule has 1 aliphatic rings. The van der Waals surface area contributed by atoms with Crippen LogP contribution in [0, 0.1) is 0 Å². The fourth-order valence-electron chi connectivity index (χ4n) is 4.24. The van der Waals surface area contributed by atoms with E-state index in [1.165, 1.54) is 26.9 Å². The van der Waals surface area contributed by atoms with Crippen molar-refractivity contribution in [1.82, 2.24) is 0 Å². The van der Waals surface area contributed by atoms with Crippen LogP contribution in [-0.4, -0.2) is 6.54 Å². The SMILES string of the molecule is c1ccc2c(c1)CC(c1ccc3cc(-c4ccc5sccc5c4)oc3c1)CN2. The zero-order chi connectivity index (χ0) is 18.5. The van der Waals surface area contributed by atoms with E-state index >= 15 is 0 Å². The van der Waals surface area contributed by atoms with Crippen molar-refractivity contribution in [2.45, 2.75) is 12.3 Å². The van der Waals surface area contributed by atoms with Gasteiger partial charge in [0, 0.05) is 33.8 Å². The first-order chi connectivity index (χ1) is 13.8. The van der Waals surface area contributed by atoms with Gasteiger partial charge in [-0.2, -0.15) is 0 Å². The zero-order valence-corrected chi connectivity index (χ0v) is 16.1. The zero-order valence-electron chi connectivity index (χ0n) is 15.3. The summed E-state index contributed by atoms with van der Waals surface area (Å²) in [6.45, 7) is 0.963. The number of thiophene rings is 1. The largest absolute Gasteiger partial charge is 0.456 e. The first-order valence-electron chi connectivity index (χ1n) is 9.66. The van der Waals surface area contributed by atoms with Crippen LogP contribution in [0.15, 0.2) is 82.6 Å². The summed E-state index contributed by atoms with van der Waals surface area (Å²) < 4.78 is 7.58. The second kappa shape index (κ2) is 6.25. The van der Waals surface area contributed by atoms with Crippen LogP contribution < -0.4 is 5.32 Å². The predicted molar refractivity (Wildman–Crippen MR) is 118 cm³/mol. The van der Waals surface area contributed by atoms with E-state index < -0.39 is 0 Å². The number of anilines is 1. The quantitative estimate of drug-likeness (QED) is 0.354. The number of rotatable bonds is 2. The molecule has 1 unspecified atom stereocenters. The monoisotopic (exact) mass is 381 g/mol. The smallest absolute Gasteiger partial charge is 0.135 e. The standard InChI is InChI=1S/C25H19NOS/c1-2-4-22-17(3-1)11-21(15-26-22)16-5-6-19-14-24(27-23(19)13-16)18-7-8-25-20(12-18)9-10-28-25/h1-10,12-14,21,26H,11,15H2. The third kappa shape index (κ3) is 2.62. The molecule has 1 atom stereocenters. The molecule has 0 saturated carbocycles. The number of hydrogen-bond donors (Lipinski definition) is 1. The minimum atomic E-state index is 0.468. The van der Waals surface area contributed by atoms with E-state index in [4.69, 9.17) is 4.42 Å². The van der Waals surface area contributed by atoms with E-state index in [2.05, 4.69) is 83.5 Å². The summed E-state index contributed by atoms with van der Waals surface area (Å²) in [6.07, 6.45) is 1.07. The van der Waals surface area contributed by atoms with Gasteiger partial charge in [0.1, 0.15) is 11.3 Å². The normalized spacial score (nSPS) is 16.2. The summed E-state index contributed by atoms with van der Waals surface area (Å²) in [6, 6.07) is 26.1. The molecule has 1 aliphatic heterocycles. The summed E-state index contributed by atoms with van der Waals surface area (Å²) in [5.41, 5.74) is 6.10. The average Bonchev–Trinajstić information content (AvgIpc) is 3.39. The first-order valence-corrected chi connectivity index (χ1v) is 10.5. The molecule has 0 saturated heterocycles. The van der Waals surface area contributed by atoms with Crippen molar-refractivity contribution in [3.8, 4) is 11.3 Å². The molecule has 2 nitrogen and oxygen atoms in total. The maximum atomic E-state index is 6.26. The molecule has 0 bridgehead atoms. The third-order valence-corrected chi connectivity index (χ3v) is 6.67. The van der Waals surface area contributed by atoms with Crippen LogP contribution in [0.3, 0.4) is 0 Å². The number of nitrogens with one attached hydrogen (secondary N) is 1. The Hall–Kier alpha value is -3.04. The van der Waals surface area contributed by atoms with E-state index in [0.29, 0.717) is 5.92 Å². The molecule has 0 amide bonds. The Labute approximate surface area is 167 Å². The Bertz CT molecular complexity index is 1310. The van der Waals surface area contributed by atoms with Crippen molar-refractivity contribution >= 4 is 38.1 Å². The lowest BCUT2D eigenvalue weighted by Gasteiger charge is -2.26. The lowest BCUT2D eigenvalue weighted by molar-refractivity contribution is 0.628. The Morgan fingerprint density at radius 3 is 2.86 bits per heavy atom. The van der Waals surface area contributed by atoms with Crippen molar-refractivity contribution < 1.29 is 4.42 Å². The minimum absolute atomic E-state index is 0.468. The molecular formula is C25H19NOS. The van der Waals surface area contributed by atoms with E-state index in [1.807, 2.05) is 0 Å². The minimum Gasteiger partial charge on any atom is -0.456 e. The Morgan fingerprint density at radius 1 is 0.893 bits per heavy atom. The van der Waals surface area contributed by atoms with Gasteiger partial charge in [0.25, 0.3) is 0 Å². The van der Waals surface area contributed by atoms with Crippen LogP contribution in [0.5, 0.6) is 0 Å². The average molecular weight is 382 g/mol. The van der Waals surface area contributed by atoms with Crippen LogP contribution in [0.1, 0.15) is 17.0 Å².